The Labute approximate surface area is 111 Å². The van der Waals surface area contributed by atoms with Crippen LogP contribution in [-0.2, 0) is 9.53 Å². The van der Waals surface area contributed by atoms with Crippen molar-refractivity contribution in [3.8, 4) is 5.75 Å². The van der Waals surface area contributed by atoms with Crippen LogP contribution in [0, 0.1) is 23.5 Å². The first-order chi connectivity index (χ1) is 8.92. The van der Waals surface area contributed by atoms with Gasteiger partial charge in [0.2, 0.25) is 23.5 Å². The number of esters is 1. The number of halogens is 4. The molecule has 0 N–H and O–H groups in total. The summed E-state index contributed by atoms with van der Waals surface area (Å²) in [6.45, 7) is 1.50. The summed E-state index contributed by atoms with van der Waals surface area (Å²) in [4.78, 5) is 13.7. The topological polar surface area (TPSA) is 48.4 Å². The zero-order valence-corrected chi connectivity index (χ0v) is 10.5. The summed E-state index contributed by atoms with van der Waals surface area (Å²) in [6.07, 6.45) is -1.51. The van der Waals surface area contributed by atoms with Crippen LogP contribution in [-0.4, -0.2) is 29.4 Å². The third kappa shape index (κ3) is 3.49. The maximum Gasteiger partial charge on any atom is 0.348 e. The van der Waals surface area contributed by atoms with Gasteiger partial charge in [-0.2, -0.15) is 35.2 Å². The number of nitrogens with zero attached hydrogens (tertiary/aromatic N) is 1. The number of thiol groups is 1. The number of hydrogen-bond donors (Lipinski definition) is 1. The molecular formula is C10H9F4NO3S. The average molecular weight is 299 g/mol. The van der Waals surface area contributed by atoms with Crippen molar-refractivity contribution in [2.75, 3.05) is 12.4 Å². The van der Waals surface area contributed by atoms with E-state index in [4.69, 9.17) is 0 Å². The third-order valence-corrected chi connectivity index (χ3v) is 2.26. The molecule has 1 aromatic rings. The molecule has 0 aromatic carbocycles. The molecule has 1 unspecified atom stereocenters. The second-order valence-corrected chi connectivity index (χ2v) is 3.56. The van der Waals surface area contributed by atoms with Crippen molar-refractivity contribution in [1.82, 2.24) is 4.98 Å². The van der Waals surface area contributed by atoms with Crippen LogP contribution < -0.4 is 4.74 Å². The number of pyridine rings is 1. The molecule has 1 atom stereocenters. The number of aromatic nitrogens is 1. The normalized spacial score (nSPS) is 12.1. The molecule has 0 radical (unpaired) electrons. The standard InChI is InChI=1S/C10H9F4NO3S/c1-2-17-10(16)4(3-19)18-7-5(11)8(13)15-9(14)6(7)12/h4,19H,2-3H2,1H3. The van der Waals surface area contributed by atoms with Crippen LogP contribution in [0.15, 0.2) is 0 Å². The summed E-state index contributed by atoms with van der Waals surface area (Å²) >= 11 is 3.72. The predicted octanol–water partition coefficient (Wildman–Crippen LogP) is 1.88. The highest BCUT2D eigenvalue weighted by Crippen LogP contribution is 2.25. The first kappa shape index (κ1) is 15.5. The quantitative estimate of drug-likeness (QED) is 0.390. The predicted molar refractivity (Wildman–Crippen MR) is 59.0 cm³/mol. The fraction of sp³-hybridized carbons (Fsp3) is 0.400. The molecule has 19 heavy (non-hydrogen) atoms. The molecule has 1 rings (SSSR count). The van der Waals surface area contributed by atoms with Crippen LogP contribution >= 0.6 is 12.6 Å². The van der Waals surface area contributed by atoms with Crippen LogP contribution in [0.3, 0.4) is 0 Å². The molecule has 1 aromatic heterocycles. The van der Waals surface area contributed by atoms with Gasteiger partial charge in [0.05, 0.1) is 6.61 Å². The van der Waals surface area contributed by atoms with E-state index < -0.39 is 41.4 Å². The number of carbonyl (C=O) groups is 1. The highest BCUT2D eigenvalue weighted by molar-refractivity contribution is 7.80. The Morgan fingerprint density at radius 3 is 2.21 bits per heavy atom. The molecule has 4 nitrogen and oxygen atoms in total. The van der Waals surface area contributed by atoms with E-state index in [1.54, 1.807) is 0 Å². The van der Waals surface area contributed by atoms with Crippen LogP contribution in [0.5, 0.6) is 5.75 Å². The van der Waals surface area contributed by atoms with Gasteiger partial charge in [-0.25, -0.2) is 4.79 Å². The van der Waals surface area contributed by atoms with Crippen LogP contribution in [0.25, 0.3) is 0 Å². The molecule has 1 heterocycles. The summed E-state index contributed by atoms with van der Waals surface area (Å²) in [6, 6.07) is 0. The lowest BCUT2D eigenvalue weighted by Gasteiger charge is -2.16. The van der Waals surface area contributed by atoms with E-state index in [9.17, 15) is 22.4 Å². The first-order valence-electron chi connectivity index (χ1n) is 5.06. The lowest BCUT2D eigenvalue weighted by Crippen LogP contribution is -2.32. The third-order valence-electron chi connectivity index (χ3n) is 1.93. The van der Waals surface area contributed by atoms with Gasteiger partial charge in [-0.05, 0) is 6.92 Å². The summed E-state index contributed by atoms with van der Waals surface area (Å²) in [5.74, 6) is -10.1. The molecule has 0 saturated carbocycles. The van der Waals surface area contributed by atoms with Gasteiger partial charge in [-0.15, -0.1) is 0 Å². The Morgan fingerprint density at radius 2 is 1.79 bits per heavy atom. The van der Waals surface area contributed by atoms with Crippen LogP contribution in [0.4, 0.5) is 17.6 Å². The molecule has 106 valence electrons. The Morgan fingerprint density at radius 1 is 1.26 bits per heavy atom. The molecule has 9 heteroatoms. The molecule has 0 aliphatic heterocycles. The largest absolute Gasteiger partial charge is 0.471 e. The zero-order chi connectivity index (χ0) is 14.6. The first-order valence-corrected chi connectivity index (χ1v) is 5.69. The molecule has 0 saturated heterocycles. The maximum atomic E-state index is 13.2. The summed E-state index contributed by atoms with van der Waals surface area (Å²) < 4.78 is 61.2. The van der Waals surface area contributed by atoms with Crippen molar-refractivity contribution in [2.24, 2.45) is 0 Å². The number of hydrogen-bond acceptors (Lipinski definition) is 5. The lowest BCUT2D eigenvalue weighted by molar-refractivity contribution is -0.150. The van der Waals surface area contributed by atoms with Gasteiger partial charge in [0.25, 0.3) is 11.9 Å². The molecule has 0 bridgehead atoms. The van der Waals surface area contributed by atoms with E-state index in [1.165, 1.54) is 6.92 Å². The van der Waals surface area contributed by atoms with Crippen molar-refractivity contribution >= 4 is 18.6 Å². The zero-order valence-electron chi connectivity index (χ0n) is 9.62. The van der Waals surface area contributed by atoms with E-state index in [1.807, 2.05) is 0 Å². The molecule has 0 fully saturated rings. The van der Waals surface area contributed by atoms with E-state index in [2.05, 4.69) is 27.1 Å². The Balaban J connectivity index is 3.07. The van der Waals surface area contributed by atoms with E-state index >= 15 is 0 Å². The molecule has 0 spiro atoms. The van der Waals surface area contributed by atoms with Gasteiger partial charge in [-0.3, -0.25) is 0 Å². The summed E-state index contributed by atoms with van der Waals surface area (Å²) in [5, 5.41) is 0. The second-order valence-electron chi connectivity index (χ2n) is 3.19. The van der Waals surface area contributed by atoms with Gasteiger partial charge in [-0.1, -0.05) is 0 Å². The Hall–Kier alpha value is -1.51. The SMILES string of the molecule is CCOC(=O)C(CS)Oc1c(F)c(F)nc(F)c1F. The van der Waals surface area contributed by atoms with E-state index in [-0.39, 0.29) is 12.4 Å². The van der Waals surface area contributed by atoms with Crippen molar-refractivity contribution in [3.05, 3.63) is 23.5 Å². The van der Waals surface area contributed by atoms with Crippen molar-refractivity contribution in [1.29, 1.82) is 0 Å². The van der Waals surface area contributed by atoms with Crippen LogP contribution in [0.1, 0.15) is 6.92 Å². The summed E-state index contributed by atoms with van der Waals surface area (Å²) in [7, 11) is 0. The minimum atomic E-state index is -1.88. The Kier molecular flexibility index (Phi) is 5.40. The Bertz CT molecular complexity index is 460. The second kappa shape index (κ2) is 6.60. The van der Waals surface area contributed by atoms with Gasteiger partial charge in [0.1, 0.15) is 0 Å². The average Bonchev–Trinajstić information content (AvgIpc) is 2.37. The highest BCUT2D eigenvalue weighted by atomic mass is 32.1. The van der Waals surface area contributed by atoms with Gasteiger partial charge >= 0.3 is 5.97 Å². The number of rotatable bonds is 5. The molecular weight excluding hydrogens is 290 g/mol. The smallest absolute Gasteiger partial charge is 0.348 e. The van der Waals surface area contributed by atoms with E-state index in [0.29, 0.717) is 0 Å². The van der Waals surface area contributed by atoms with Crippen molar-refractivity contribution < 1.29 is 31.8 Å². The fourth-order valence-corrected chi connectivity index (χ4v) is 1.33. The van der Waals surface area contributed by atoms with Crippen molar-refractivity contribution in [3.63, 3.8) is 0 Å². The lowest BCUT2D eigenvalue weighted by atomic mass is 10.3. The molecule has 0 amide bonds. The monoisotopic (exact) mass is 299 g/mol. The molecule has 0 aliphatic rings. The maximum absolute atomic E-state index is 13.2. The highest BCUT2D eigenvalue weighted by Gasteiger charge is 2.28. The molecule has 0 aliphatic carbocycles. The minimum Gasteiger partial charge on any atom is -0.471 e. The van der Waals surface area contributed by atoms with Crippen molar-refractivity contribution in [2.45, 2.75) is 13.0 Å². The minimum absolute atomic E-state index is 0.00347. The number of carbonyl (C=O) groups excluding carboxylic acids is 1. The van der Waals surface area contributed by atoms with E-state index in [0.717, 1.165) is 0 Å². The van der Waals surface area contributed by atoms with Gasteiger partial charge in [0.15, 0.2) is 0 Å². The van der Waals surface area contributed by atoms with Crippen LogP contribution in [0.2, 0.25) is 0 Å². The number of ether oxygens (including phenoxy) is 2. The summed E-state index contributed by atoms with van der Waals surface area (Å²) in [5.41, 5.74) is 0. The fourth-order valence-electron chi connectivity index (χ4n) is 1.11. The van der Waals surface area contributed by atoms with Gasteiger partial charge < -0.3 is 9.47 Å². The van der Waals surface area contributed by atoms with Gasteiger partial charge in [0, 0.05) is 5.75 Å².